The van der Waals surface area contributed by atoms with Crippen LogP contribution < -0.4 is 11.3 Å². The molecule has 0 saturated carbocycles. The normalized spacial score (nSPS) is 30.3. The second kappa shape index (κ2) is 6.17. The molecule has 104 valence electrons. The Bertz CT molecular complexity index is 403. The fourth-order valence-corrected chi connectivity index (χ4v) is 5.23. The predicted octanol–water partition coefficient (Wildman–Crippen LogP) is 1.68. The number of rotatable bonds is 3. The Labute approximate surface area is 110 Å². The van der Waals surface area contributed by atoms with Crippen molar-refractivity contribution in [2.45, 2.75) is 62.7 Å². The van der Waals surface area contributed by atoms with E-state index in [-0.39, 0.29) is 11.3 Å². The number of hydrogen-bond acceptors (Lipinski definition) is 4. The maximum Gasteiger partial charge on any atom is 0.155 e. The summed E-state index contributed by atoms with van der Waals surface area (Å²) in [4.78, 5) is 0. The molecule has 0 bridgehead atoms. The van der Waals surface area contributed by atoms with Gasteiger partial charge in [-0.25, -0.2) is 8.42 Å². The summed E-state index contributed by atoms with van der Waals surface area (Å²) in [6.45, 7) is 0. The lowest BCUT2D eigenvalue weighted by Gasteiger charge is -2.31. The van der Waals surface area contributed by atoms with Crippen LogP contribution in [0.4, 0.5) is 0 Å². The van der Waals surface area contributed by atoms with E-state index in [2.05, 4.69) is 11.5 Å². The molecule has 2 unspecified atom stereocenters. The first-order valence-corrected chi connectivity index (χ1v) is 8.73. The molecular weight excluding hydrogens is 248 g/mol. The summed E-state index contributed by atoms with van der Waals surface area (Å²) in [6.07, 6.45) is 10.4. The average molecular weight is 272 g/mol. The van der Waals surface area contributed by atoms with Gasteiger partial charge in [-0.3, -0.25) is 11.3 Å². The molecule has 1 saturated heterocycles. The number of nitrogens with one attached hydrogen (secondary N) is 1. The molecule has 0 aromatic carbocycles. The number of allylic oxidation sites excluding steroid dienone is 1. The van der Waals surface area contributed by atoms with E-state index >= 15 is 0 Å². The van der Waals surface area contributed by atoms with Gasteiger partial charge in [0.15, 0.2) is 9.84 Å². The molecule has 2 rings (SSSR count). The standard InChI is InChI=1S/C13H24N2O2S/c14-15-13(11-7-3-1-2-4-8-11)12-9-5-6-10-18(12,16)17/h7,12-13,15H,1-6,8-10,14H2. The summed E-state index contributed by atoms with van der Waals surface area (Å²) in [7, 11) is -2.98. The van der Waals surface area contributed by atoms with Crippen molar-refractivity contribution < 1.29 is 8.42 Å². The van der Waals surface area contributed by atoms with Crippen LogP contribution in [-0.2, 0) is 9.84 Å². The summed E-state index contributed by atoms with van der Waals surface area (Å²) in [5.74, 6) is 5.97. The monoisotopic (exact) mass is 272 g/mol. The van der Waals surface area contributed by atoms with Gasteiger partial charge in [-0.15, -0.1) is 0 Å². The van der Waals surface area contributed by atoms with Crippen LogP contribution in [0.3, 0.4) is 0 Å². The van der Waals surface area contributed by atoms with Gasteiger partial charge in [0.2, 0.25) is 0 Å². The lowest BCUT2D eigenvalue weighted by Crippen LogP contribution is -2.50. The minimum Gasteiger partial charge on any atom is -0.271 e. The SMILES string of the molecule is NNC(C1=CCCCCC1)C1CCCCS1(=O)=O. The molecule has 18 heavy (non-hydrogen) atoms. The van der Waals surface area contributed by atoms with Crippen molar-refractivity contribution in [1.29, 1.82) is 0 Å². The van der Waals surface area contributed by atoms with Gasteiger partial charge in [0.05, 0.1) is 17.0 Å². The Balaban J connectivity index is 2.18. The van der Waals surface area contributed by atoms with E-state index in [9.17, 15) is 8.42 Å². The van der Waals surface area contributed by atoms with Crippen molar-refractivity contribution in [3.8, 4) is 0 Å². The van der Waals surface area contributed by atoms with Crippen molar-refractivity contribution in [2.75, 3.05) is 5.75 Å². The molecule has 5 heteroatoms. The number of sulfone groups is 1. The summed E-state index contributed by atoms with van der Waals surface area (Å²) in [5, 5.41) is -0.319. The quantitative estimate of drug-likeness (QED) is 0.466. The Morgan fingerprint density at radius 3 is 2.78 bits per heavy atom. The first kappa shape index (κ1) is 14.0. The van der Waals surface area contributed by atoms with Gasteiger partial charge >= 0.3 is 0 Å². The molecule has 0 aromatic rings. The molecule has 0 aromatic heterocycles. The fourth-order valence-electron chi connectivity index (χ4n) is 3.13. The van der Waals surface area contributed by atoms with Crippen molar-refractivity contribution in [2.24, 2.45) is 5.84 Å². The van der Waals surface area contributed by atoms with Crippen molar-refractivity contribution in [3.63, 3.8) is 0 Å². The molecule has 1 aliphatic carbocycles. The highest BCUT2D eigenvalue weighted by Gasteiger charge is 2.36. The second-order valence-corrected chi connectivity index (χ2v) is 7.76. The van der Waals surface area contributed by atoms with Crippen LogP contribution >= 0.6 is 0 Å². The smallest absolute Gasteiger partial charge is 0.155 e. The third-order valence-corrected chi connectivity index (χ3v) is 6.44. The minimum absolute atomic E-state index is 0.173. The maximum absolute atomic E-state index is 12.2. The summed E-state index contributed by atoms with van der Waals surface area (Å²) in [6, 6.07) is -0.173. The largest absolute Gasteiger partial charge is 0.271 e. The van der Waals surface area contributed by atoms with E-state index in [1.165, 1.54) is 18.4 Å². The van der Waals surface area contributed by atoms with Crippen LogP contribution in [-0.4, -0.2) is 25.5 Å². The van der Waals surface area contributed by atoms with E-state index in [1.807, 2.05) is 0 Å². The zero-order valence-corrected chi connectivity index (χ0v) is 11.7. The Morgan fingerprint density at radius 1 is 1.22 bits per heavy atom. The number of nitrogens with two attached hydrogens (primary N) is 1. The maximum atomic E-state index is 12.2. The fraction of sp³-hybridized carbons (Fsp3) is 0.846. The lowest BCUT2D eigenvalue weighted by atomic mass is 9.96. The molecule has 0 amide bonds. The molecule has 1 heterocycles. The Kier molecular flexibility index (Phi) is 4.81. The number of hydrazine groups is 1. The highest BCUT2D eigenvalue weighted by molar-refractivity contribution is 7.92. The van der Waals surface area contributed by atoms with E-state index in [0.717, 1.165) is 38.5 Å². The highest BCUT2D eigenvalue weighted by Crippen LogP contribution is 2.29. The zero-order valence-electron chi connectivity index (χ0n) is 10.9. The summed E-state index contributed by atoms with van der Waals surface area (Å²) in [5.41, 5.74) is 3.99. The molecule has 0 spiro atoms. The molecule has 1 fully saturated rings. The summed E-state index contributed by atoms with van der Waals surface area (Å²) < 4.78 is 24.4. The van der Waals surface area contributed by atoms with E-state index < -0.39 is 9.84 Å². The van der Waals surface area contributed by atoms with Gasteiger partial charge in [-0.2, -0.15) is 0 Å². The average Bonchev–Trinajstić information content (AvgIpc) is 2.61. The first-order valence-electron chi connectivity index (χ1n) is 7.02. The van der Waals surface area contributed by atoms with E-state index in [4.69, 9.17) is 5.84 Å². The zero-order chi connectivity index (χ0) is 13.0. The van der Waals surface area contributed by atoms with Crippen LogP contribution in [0.2, 0.25) is 0 Å². The lowest BCUT2D eigenvalue weighted by molar-refractivity contribution is 0.467. The topological polar surface area (TPSA) is 72.2 Å². The molecule has 2 aliphatic rings. The van der Waals surface area contributed by atoms with Crippen LogP contribution in [0.15, 0.2) is 11.6 Å². The van der Waals surface area contributed by atoms with E-state index in [1.54, 1.807) is 0 Å². The van der Waals surface area contributed by atoms with Gasteiger partial charge < -0.3 is 0 Å². The summed E-state index contributed by atoms with van der Waals surface area (Å²) >= 11 is 0. The minimum atomic E-state index is -2.98. The number of hydrogen-bond donors (Lipinski definition) is 2. The molecule has 3 N–H and O–H groups in total. The highest BCUT2D eigenvalue weighted by atomic mass is 32.2. The van der Waals surface area contributed by atoms with Crippen molar-refractivity contribution in [3.05, 3.63) is 11.6 Å². The van der Waals surface area contributed by atoms with Crippen molar-refractivity contribution in [1.82, 2.24) is 5.43 Å². The van der Waals surface area contributed by atoms with E-state index in [0.29, 0.717) is 5.75 Å². The second-order valence-electron chi connectivity index (χ2n) is 5.42. The molecular formula is C13H24N2O2S. The third-order valence-electron chi connectivity index (χ3n) is 4.16. The van der Waals surface area contributed by atoms with Gasteiger partial charge in [0.25, 0.3) is 0 Å². The van der Waals surface area contributed by atoms with Crippen LogP contribution in [0.5, 0.6) is 0 Å². The predicted molar refractivity (Wildman–Crippen MR) is 73.7 cm³/mol. The van der Waals surface area contributed by atoms with Crippen LogP contribution in [0.25, 0.3) is 0 Å². The first-order chi connectivity index (χ1) is 8.65. The van der Waals surface area contributed by atoms with Gasteiger partial charge in [-0.05, 0) is 38.5 Å². The Morgan fingerprint density at radius 2 is 2.06 bits per heavy atom. The van der Waals surface area contributed by atoms with Gasteiger partial charge in [-0.1, -0.05) is 24.5 Å². The third kappa shape index (κ3) is 3.13. The van der Waals surface area contributed by atoms with Crippen LogP contribution in [0, 0.1) is 0 Å². The van der Waals surface area contributed by atoms with Crippen molar-refractivity contribution >= 4 is 9.84 Å². The van der Waals surface area contributed by atoms with Gasteiger partial charge in [0, 0.05) is 0 Å². The molecule has 1 aliphatic heterocycles. The molecule has 2 atom stereocenters. The van der Waals surface area contributed by atoms with Crippen LogP contribution in [0.1, 0.15) is 51.4 Å². The van der Waals surface area contributed by atoms with Gasteiger partial charge in [0.1, 0.15) is 0 Å². The Hall–Kier alpha value is -0.390. The molecule has 0 radical (unpaired) electrons. The molecule has 4 nitrogen and oxygen atoms in total.